The van der Waals surface area contributed by atoms with Crippen molar-refractivity contribution < 1.29 is 24.5 Å². The summed E-state index contributed by atoms with van der Waals surface area (Å²) in [5, 5.41) is 23.7. The Bertz CT molecular complexity index is 1360. The van der Waals surface area contributed by atoms with Gasteiger partial charge >= 0.3 is 5.97 Å². The first kappa shape index (κ1) is 60.3. The molecule has 0 aromatic carbocycles. The molecule has 0 rings (SSSR count). The minimum Gasteiger partial charge on any atom is -0.458 e. The van der Waals surface area contributed by atoms with Gasteiger partial charge in [0.15, 0.2) is 0 Å². The molecule has 3 N–H and O–H groups in total. The van der Waals surface area contributed by atoms with Gasteiger partial charge in [-0.25, -0.2) is 0 Å². The summed E-state index contributed by atoms with van der Waals surface area (Å²) in [5.74, 6) is -0.709. The second-order valence-corrected chi connectivity index (χ2v) is 16.8. The van der Waals surface area contributed by atoms with Crippen LogP contribution in [0.25, 0.3) is 0 Å². The largest absolute Gasteiger partial charge is 0.458 e. The maximum atomic E-state index is 13.2. The van der Waals surface area contributed by atoms with E-state index >= 15 is 0 Å². The number of carbonyl (C=O) groups excluding carboxylic acids is 2. The molecule has 0 spiro atoms. The summed E-state index contributed by atoms with van der Waals surface area (Å²) in [4.78, 5) is 26.1. The van der Waals surface area contributed by atoms with Crippen molar-refractivity contribution in [3.8, 4) is 0 Å². The van der Waals surface area contributed by atoms with Gasteiger partial charge in [0, 0.05) is 6.42 Å². The molecule has 6 heteroatoms. The summed E-state index contributed by atoms with van der Waals surface area (Å²) < 4.78 is 5.79. The van der Waals surface area contributed by atoms with Crippen molar-refractivity contribution in [1.29, 1.82) is 0 Å². The summed E-state index contributed by atoms with van der Waals surface area (Å²) in [7, 11) is 0. The maximum absolute atomic E-state index is 13.2. The molecule has 64 heavy (non-hydrogen) atoms. The van der Waals surface area contributed by atoms with E-state index < -0.39 is 18.2 Å². The van der Waals surface area contributed by atoms with E-state index in [1.54, 1.807) is 6.08 Å². The number of hydrogen-bond acceptors (Lipinski definition) is 5. The van der Waals surface area contributed by atoms with Crippen LogP contribution in [0.15, 0.2) is 122 Å². The number of nitrogens with one attached hydrogen (secondary N) is 1. The molecule has 0 bridgehead atoms. The lowest BCUT2D eigenvalue weighted by molar-refractivity contribution is -0.148. The molecular weight excluding hydrogens is 791 g/mol. The van der Waals surface area contributed by atoms with Crippen molar-refractivity contribution in [2.45, 2.75) is 225 Å². The molecule has 3 unspecified atom stereocenters. The van der Waals surface area contributed by atoms with Gasteiger partial charge in [0.1, 0.15) is 6.10 Å². The smallest absolute Gasteiger partial charge is 0.306 e. The van der Waals surface area contributed by atoms with E-state index in [2.05, 4.69) is 135 Å². The second kappa shape index (κ2) is 50.3. The maximum Gasteiger partial charge on any atom is 0.306 e. The van der Waals surface area contributed by atoms with Crippen LogP contribution in [0.5, 0.6) is 0 Å². The van der Waals surface area contributed by atoms with Crippen LogP contribution >= 0.6 is 0 Å². The first-order valence-corrected chi connectivity index (χ1v) is 25.8. The number of amides is 1. The molecule has 0 saturated heterocycles. The number of rotatable bonds is 44. The van der Waals surface area contributed by atoms with Gasteiger partial charge < -0.3 is 20.3 Å². The fraction of sp³-hybridized carbons (Fsp3) is 0.621. The number of hydrogen-bond donors (Lipinski definition) is 3. The highest BCUT2D eigenvalue weighted by molar-refractivity contribution is 5.78. The van der Waals surface area contributed by atoms with Crippen LogP contribution in [0.1, 0.15) is 207 Å². The highest BCUT2D eigenvalue weighted by Gasteiger charge is 2.23. The third kappa shape index (κ3) is 44.9. The van der Waals surface area contributed by atoms with E-state index in [9.17, 15) is 19.8 Å². The van der Waals surface area contributed by atoms with E-state index in [1.807, 2.05) is 6.08 Å². The molecule has 362 valence electrons. The minimum absolute atomic E-state index is 0.0766. The average Bonchev–Trinajstić information content (AvgIpc) is 3.29. The first-order chi connectivity index (χ1) is 31.5. The predicted octanol–water partition coefficient (Wildman–Crippen LogP) is 15.7. The van der Waals surface area contributed by atoms with Crippen LogP contribution in [-0.4, -0.2) is 46.9 Å². The van der Waals surface area contributed by atoms with Gasteiger partial charge in [-0.1, -0.05) is 220 Å². The Morgan fingerprint density at radius 1 is 0.484 bits per heavy atom. The summed E-state index contributed by atoms with van der Waals surface area (Å²) in [5.41, 5.74) is 0. The van der Waals surface area contributed by atoms with Crippen molar-refractivity contribution in [3.05, 3.63) is 122 Å². The zero-order chi connectivity index (χ0) is 46.7. The monoisotopic (exact) mass is 886 g/mol. The van der Waals surface area contributed by atoms with Crippen LogP contribution in [0.3, 0.4) is 0 Å². The van der Waals surface area contributed by atoms with E-state index in [-0.39, 0.29) is 31.3 Å². The summed E-state index contributed by atoms with van der Waals surface area (Å²) in [6.07, 6.45) is 70.0. The Hall–Kier alpha value is -3.74. The predicted molar refractivity (Wildman–Crippen MR) is 277 cm³/mol. The van der Waals surface area contributed by atoms with Gasteiger partial charge in [-0.15, -0.1) is 0 Å². The van der Waals surface area contributed by atoms with Gasteiger partial charge in [0.2, 0.25) is 5.91 Å². The lowest BCUT2D eigenvalue weighted by atomic mass is 10.0. The standard InChI is InChI=1S/C58H95NO5/c1-4-7-10-13-16-19-22-24-26-28-30-32-35-37-40-43-46-49-54(52-57(62)59-55(53-60)56(61)50-47-44-41-38-34-21-18-15-12-9-6-3)64-58(63)51-48-45-42-39-36-33-31-29-27-25-23-20-17-14-11-8-5-2/h7,10,16-17,19-20,24-27,30-33,37,39-40,42,46,49,54-56,60-61H,4-6,8-9,11-15,18,21-23,28-29,34-36,38,41,43-45,47-48,50-53H2,1-3H3,(H,59,62)/b10-7-,19-16-,20-17-,26-24-,27-25-,32-30-,33-31-,40-37-,42-39-,49-46-. The fourth-order valence-corrected chi connectivity index (χ4v) is 6.89. The highest BCUT2D eigenvalue weighted by atomic mass is 16.5. The molecule has 0 fully saturated rings. The van der Waals surface area contributed by atoms with E-state index in [1.165, 1.54) is 77.0 Å². The normalized spacial score (nSPS) is 14.3. The Labute approximate surface area is 393 Å². The molecule has 0 aliphatic rings. The number of allylic oxidation sites excluding steroid dienone is 19. The van der Waals surface area contributed by atoms with Crippen molar-refractivity contribution in [2.75, 3.05) is 6.61 Å². The molecule has 0 aromatic rings. The van der Waals surface area contributed by atoms with Crippen LogP contribution in [-0.2, 0) is 14.3 Å². The van der Waals surface area contributed by atoms with Crippen molar-refractivity contribution in [3.63, 3.8) is 0 Å². The lowest BCUT2D eigenvalue weighted by Crippen LogP contribution is -2.46. The van der Waals surface area contributed by atoms with Crippen molar-refractivity contribution >= 4 is 11.9 Å². The van der Waals surface area contributed by atoms with E-state index in [0.717, 1.165) is 77.0 Å². The topological polar surface area (TPSA) is 95.9 Å². The zero-order valence-electron chi connectivity index (χ0n) is 41.1. The number of carbonyl (C=O) groups is 2. The minimum atomic E-state index is -0.836. The third-order valence-corrected chi connectivity index (χ3v) is 10.8. The Morgan fingerprint density at radius 3 is 1.33 bits per heavy atom. The second-order valence-electron chi connectivity index (χ2n) is 16.8. The third-order valence-electron chi connectivity index (χ3n) is 10.8. The number of aliphatic hydroxyl groups excluding tert-OH is 2. The fourth-order valence-electron chi connectivity index (χ4n) is 6.89. The van der Waals surface area contributed by atoms with Crippen LogP contribution in [0, 0.1) is 0 Å². The lowest BCUT2D eigenvalue weighted by Gasteiger charge is -2.23. The summed E-state index contributed by atoms with van der Waals surface area (Å²) >= 11 is 0. The molecule has 1 amide bonds. The molecule has 3 atom stereocenters. The van der Waals surface area contributed by atoms with Crippen molar-refractivity contribution in [2.24, 2.45) is 0 Å². The van der Waals surface area contributed by atoms with Gasteiger partial charge in [0.25, 0.3) is 0 Å². The number of aliphatic hydroxyl groups is 2. The average molecular weight is 886 g/mol. The highest BCUT2D eigenvalue weighted by Crippen LogP contribution is 2.14. The zero-order valence-corrected chi connectivity index (χ0v) is 41.1. The number of esters is 1. The van der Waals surface area contributed by atoms with Gasteiger partial charge in [-0.2, -0.15) is 0 Å². The molecule has 6 nitrogen and oxygen atoms in total. The molecule has 0 aliphatic carbocycles. The molecular formula is C58H95NO5. The van der Waals surface area contributed by atoms with Gasteiger partial charge in [-0.05, 0) is 96.0 Å². The molecule has 0 saturated carbocycles. The Morgan fingerprint density at radius 2 is 0.875 bits per heavy atom. The Kier molecular flexibility index (Phi) is 47.3. The van der Waals surface area contributed by atoms with Crippen LogP contribution in [0.4, 0.5) is 0 Å². The molecule has 0 aromatic heterocycles. The molecule has 0 heterocycles. The van der Waals surface area contributed by atoms with Gasteiger partial charge in [0.05, 0.1) is 25.2 Å². The quantitative estimate of drug-likeness (QED) is 0.0322. The SMILES string of the molecule is CC/C=C\C/C=C\C/C=C\C/C=C\C/C=C\C/C=C\C(CC(=O)NC(CO)C(O)CCCCCCCCCCCCC)OC(=O)CCC/C=C\C/C=C\C/C=C\C/C=C\CCCCC. The first-order valence-electron chi connectivity index (χ1n) is 25.8. The Balaban J connectivity index is 4.90. The van der Waals surface area contributed by atoms with Crippen LogP contribution in [0.2, 0.25) is 0 Å². The molecule has 0 radical (unpaired) electrons. The van der Waals surface area contributed by atoms with Crippen molar-refractivity contribution in [1.82, 2.24) is 5.32 Å². The summed E-state index contributed by atoms with van der Waals surface area (Å²) in [6, 6.07) is -0.761. The van der Waals surface area contributed by atoms with E-state index in [0.29, 0.717) is 19.3 Å². The summed E-state index contributed by atoms with van der Waals surface area (Å²) in [6.45, 7) is 6.27. The number of ether oxygens (including phenoxy) is 1. The molecule has 0 aliphatic heterocycles. The number of unbranched alkanes of at least 4 members (excludes halogenated alkanes) is 14. The van der Waals surface area contributed by atoms with E-state index in [4.69, 9.17) is 4.74 Å². The van der Waals surface area contributed by atoms with Crippen LogP contribution < -0.4 is 5.32 Å². The van der Waals surface area contributed by atoms with Gasteiger partial charge in [-0.3, -0.25) is 9.59 Å².